The lowest BCUT2D eigenvalue weighted by Crippen LogP contribution is -2.18. The fourth-order valence-corrected chi connectivity index (χ4v) is 2.82. The molecule has 0 saturated carbocycles. The normalized spacial score (nSPS) is 13.5. The Morgan fingerprint density at radius 1 is 1.11 bits per heavy atom. The van der Waals surface area contributed by atoms with Crippen molar-refractivity contribution in [1.82, 2.24) is 5.32 Å². The third-order valence-electron chi connectivity index (χ3n) is 3.02. The summed E-state index contributed by atoms with van der Waals surface area (Å²) < 4.78 is 11.1. The van der Waals surface area contributed by atoms with Gasteiger partial charge in [-0.2, -0.15) is 0 Å². The van der Waals surface area contributed by atoms with E-state index in [1.165, 1.54) is 24.2 Å². The Labute approximate surface area is 120 Å². The lowest BCUT2D eigenvalue weighted by Gasteiger charge is -2.18. The molecule has 4 heteroatoms. The van der Waals surface area contributed by atoms with Gasteiger partial charge in [-0.15, -0.1) is 11.8 Å². The molecule has 0 saturated heterocycles. The summed E-state index contributed by atoms with van der Waals surface area (Å²) in [6.45, 7) is 5.73. The van der Waals surface area contributed by atoms with E-state index in [4.69, 9.17) is 9.47 Å². The van der Waals surface area contributed by atoms with E-state index in [0.29, 0.717) is 13.2 Å². The van der Waals surface area contributed by atoms with Gasteiger partial charge >= 0.3 is 0 Å². The third-order valence-corrected chi connectivity index (χ3v) is 4.01. The van der Waals surface area contributed by atoms with Crippen LogP contribution in [0.3, 0.4) is 0 Å². The van der Waals surface area contributed by atoms with E-state index in [9.17, 15) is 0 Å². The fourth-order valence-electron chi connectivity index (χ4n) is 1.98. The van der Waals surface area contributed by atoms with Crippen LogP contribution >= 0.6 is 11.8 Å². The summed E-state index contributed by atoms with van der Waals surface area (Å²) in [4.78, 5) is 1.25. The van der Waals surface area contributed by atoms with Crippen LogP contribution in [0.4, 0.5) is 0 Å². The van der Waals surface area contributed by atoms with Crippen LogP contribution in [0.1, 0.15) is 26.2 Å². The molecule has 0 aliphatic carbocycles. The molecule has 0 aromatic heterocycles. The lowest BCUT2D eigenvalue weighted by molar-refractivity contribution is 0.171. The Kier molecular flexibility index (Phi) is 6.37. The van der Waals surface area contributed by atoms with Gasteiger partial charge in [0.1, 0.15) is 13.2 Å². The van der Waals surface area contributed by atoms with Crippen LogP contribution in [0.5, 0.6) is 11.5 Å². The van der Waals surface area contributed by atoms with Gasteiger partial charge in [0.25, 0.3) is 0 Å². The summed E-state index contributed by atoms with van der Waals surface area (Å²) in [6.07, 6.45) is 3.89. The van der Waals surface area contributed by atoms with Gasteiger partial charge in [-0.05, 0) is 31.2 Å². The number of thioether (sulfide) groups is 1. The molecule has 3 nitrogen and oxygen atoms in total. The second kappa shape index (κ2) is 8.33. The van der Waals surface area contributed by atoms with Crippen molar-refractivity contribution in [2.24, 2.45) is 0 Å². The predicted octanol–water partition coefficient (Wildman–Crippen LogP) is 3.33. The zero-order valence-corrected chi connectivity index (χ0v) is 12.4. The standard InChI is InChI=1S/C15H23NO2S/c1-2-3-4-7-16-8-11-19-13-5-6-14-15(12-13)18-10-9-17-14/h5-6,12,16H,2-4,7-11H2,1H3. The number of ether oxygens (including phenoxy) is 2. The molecule has 0 fully saturated rings. The van der Waals surface area contributed by atoms with Gasteiger partial charge < -0.3 is 14.8 Å². The predicted molar refractivity (Wildman–Crippen MR) is 80.6 cm³/mol. The van der Waals surface area contributed by atoms with E-state index in [2.05, 4.69) is 24.4 Å². The average molecular weight is 281 g/mol. The second-order valence-electron chi connectivity index (χ2n) is 4.61. The molecular weight excluding hydrogens is 258 g/mol. The van der Waals surface area contributed by atoms with Gasteiger partial charge in [-0.3, -0.25) is 0 Å². The van der Waals surface area contributed by atoms with Gasteiger partial charge in [-0.1, -0.05) is 19.8 Å². The summed E-state index contributed by atoms with van der Waals surface area (Å²) in [6, 6.07) is 6.19. The van der Waals surface area contributed by atoms with Gasteiger partial charge in [0.15, 0.2) is 11.5 Å². The third kappa shape index (κ3) is 4.96. The SMILES string of the molecule is CCCCCNCCSc1ccc2c(c1)OCCO2. The van der Waals surface area contributed by atoms with Crippen LogP contribution in [-0.2, 0) is 0 Å². The molecule has 1 aliphatic heterocycles. The van der Waals surface area contributed by atoms with Crippen molar-refractivity contribution in [3.63, 3.8) is 0 Å². The zero-order chi connectivity index (χ0) is 13.3. The van der Waals surface area contributed by atoms with Gasteiger partial charge in [0.05, 0.1) is 0 Å². The minimum absolute atomic E-state index is 0.653. The average Bonchev–Trinajstić information content (AvgIpc) is 2.46. The highest BCUT2D eigenvalue weighted by atomic mass is 32.2. The summed E-state index contributed by atoms with van der Waals surface area (Å²) in [5, 5.41) is 3.48. The van der Waals surface area contributed by atoms with Crippen molar-refractivity contribution in [3.8, 4) is 11.5 Å². The van der Waals surface area contributed by atoms with Crippen LogP contribution in [-0.4, -0.2) is 32.1 Å². The molecule has 0 spiro atoms. The van der Waals surface area contributed by atoms with Crippen LogP contribution in [0.25, 0.3) is 0 Å². The number of fused-ring (bicyclic) bond motifs is 1. The first-order valence-electron chi connectivity index (χ1n) is 7.13. The van der Waals surface area contributed by atoms with Crippen LogP contribution in [0, 0.1) is 0 Å². The minimum atomic E-state index is 0.653. The van der Waals surface area contributed by atoms with Crippen molar-refractivity contribution in [1.29, 1.82) is 0 Å². The van der Waals surface area contributed by atoms with Crippen molar-refractivity contribution in [2.45, 2.75) is 31.1 Å². The number of hydrogen-bond acceptors (Lipinski definition) is 4. The van der Waals surface area contributed by atoms with Crippen LogP contribution in [0.2, 0.25) is 0 Å². The van der Waals surface area contributed by atoms with Crippen molar-refractivity contribution >= 4 is 11.8 Å². The van der Waals surface area contributed by atoms with Crippen molar-refractivity contribution < 1.29 is 9.47 Å². The number of hydrogen-bond donors (Lipinski definition) is 1. The maximum absolute atomic E-state index is 5.58. The molecule has 0 unspecified atom stereocenters. The molecular formula is C15H23NO2S. The summed E-state index contributed by atoms with van der Waals surface area (Å²) in [7, 11) is 0. The Morgan fingerprint density at radius 3 is 2.79 bits per heavy atom. The largest absolute Gasteiger partial charge is 0.486 e. The Hall–Kier alpha value is -0.870. The maximum Gasteiger partial charge on any atom is 0.162 e. The lowest BCUT2D eigenvalue weighted by atomic mass is 10.2. The maximum atomic E-state index is 5.58. The molecule has 1 aliphatic rings. The quantitative estimate of drug-likeness (QED) is 0.585. The molecule has 0 radical (unpaired) electrons. The van der Waals surface area contributed by atoms with Crippen LogP contribution < -0.4 is 14.8 Å². The van der Waals surface area contributed by atoms with Crippen molar-refractivity contribution in [3.05, 3.63) is 18.2 Å². The van der Waals surface area contributed by atoms with E-state index >= 15 is 0 Å². The molecule has 0 amide bonds. The molecule has 2 rings (SSSR count). The summed E-state index contributed by atoms with van der Waals surface area (Å²) in [5.41, 5.74) is 0. The first-order chi connectivity index (χ1) is 9.40. The topological polar surface area (TPSA) is 30.5 Å². The monoisotopic (exact) mass is 281 g/mol. The van der Waals surface area contributed by atoms with Gasteiger partial charge in [0, 0.05) is 17.2 Å². The number of unbranched alkanes of at least 4 members (excludes halogenated alkanes) is 2. The molecule has 0 atom stereocenters. The molecule has 1 aromatic carbocycles. The van der Waals surface area contributed by atoms with Crippen molar-refractivity contribution in [2.75, 3.05) is 32.1 Å². The summed E-state index contributed by atoms with van der Waals surface area (Å²) in [5.74, 6) is 2.84. The van der Waals surface area contributed by atoms with E-state index in [1.54, 1.807) is 0 Å². The molecule has 1 aromatic rings. The van der Waals surface area contributed by atoms with E-state index in [-0.39, 0.29) is 0 Å². The van der Waals surface area contributed by atoms with E-state index in [1.807, 2.05) is 17.8 Å². The van der Waals surface area contributed by atoms with Gasteiger partial charge in [-0.25, -0.2) is 0 Å². The van der Waals surface area contributed by atoms with Gasteiger partial charge in [0.2, 0.25) is 0 Å². The Balaban J connectivity index is 1.66. The molecule has 0 bridgehead atoms. The Bertz CT molecular complexity index is 384. The number of benzene rings is 1. The highest BCUT2D eigenvalue weighted by Crippen LogP contribution is 2.33. The molecule has 106 valence electrons. The highest BCUT2D eigenvalue weighted by molar-refractivity contribution is 7.99. The molecule has 1 N–H and O–H groups in total. The fraction of sp³-hybridized carbons (Fsp3) is 0.600. The second-order valence-corrected chi connectivity index (χ2v) is 5.78. The molecule has 1 heterocycles. The van der Waals surface area contributed by atoms with E-state index < -0.39 is 0 Å². The smallest absolute Gasteiger partial charge is 0.162 e. The van der Waals surface area contributed by atoms with Crippen LogP contribution in [0.15, 0.2) is 23.1 Å². The number of rotatable bonds is 8. The highest BCUT2D eigenvalue weighted by Gasteiger charge is 2.11. The summed E-state index contributed by atoms with van der Waals surface area (Å²) >= 11 is 1.86. The number of nitrogens with one attached hydrogen (secondary N) is 1. The first-order valence-corrected chi connectivity index (χ1v) is 8.12. The minimum Gasteiger partial charge on any atom is -0.486 e. The first kappa shape index (κ1) is 14.5. The molecule has 19 heavy (non-hydrogen) atoms. The zero-order valence-electron chi connectivity index (χ0n) is 11.6. The Morgan fingerprint density at radius 2 is 1.95 bits per heavy atom. The van der Waals surface area contributed by atoms with E-state index in [0.717, 1.165) is 30.3 Å².